The van der Waals surface area contributed by atoms with Crippen molar-refractivity contribution >= 4 is 21.6 Å². The molecule has 3 rings (SSSR count). The summed E-state index contributed by atoms with van der Waals surface area (Å²) in [6, 6.07) is 18.4. The number of nitrogens with one attached hydrogen (secondary N) is 2. The topological polar surface area (TPSA) is 103 Å². The fourth-order valence-electron chi connectivity index (χ4n) is 3.15. The first-order chi connectivity index (χ1) is 16.4. The van der Waals surface area contributed by atoms with Gasteiger partial charge in [0.15, 0.2) is 0 Å². The molecule has 34 heavy (non-hydrogen) atoms. The number of anilines is 1. The standard InChI is InChI=1S/C25H28N2O6S/c1-4-18-5-8-20(9-6-18)27-34(29,30)24-17-19(7-14-23(24)32-3)25(28)26-15-16-33-22-12-10-21(31-2)11-13-22/h5-14,17,27H,4,15-16H2,1-3H3,(H,26,28). The summed E-state index contributed by atoms with van der Waals surface area (Å²) >= 11 is 0. The van der Waals surface area contributed by atoms with Crippen LogP contribution in [0.4, 0.5) is 5.69 Å². The number of sulfonamides is 1. The van der Waals surface area contributed by atoms with E-state index in [0.29, 0.717) is 11.4 Å². The maximum Gasteiger partial charge on any atom is 0.265 e. The normalized spacial score (nSPS) is 10.9. The number of hydrogen-bond donors (Lipinski definition) is 2. The van der Waals surface area contributed by atoms with Crippen molar-refractivity contribution < 1.29 is 27.4 Å². The van der Waals surface area contributed by atoms with Crippen molar-refractivity contribution in [3.63, 3.8) is 0 Å². The molecular weight excluding hydrogens is 456 g/mol. The molecule has 0 unspecified atom stereocenters. The van der Waals surface area contributed by atoms with Crippen molar-refractivity contribution in [1.29, 1.82) is 0 Å². The number of benzene rings is 3. The Morgan fingerprint density at radius 2 is 1.56 bits per heavy atom. The van der Waals surface area contributed by atoms with Crippen molar-refractivity contribution in [2.24, 2.45) is 0 Å². The molecule has 0 aliphatic rings. The molecule has 0 fully saturated rings. The molecule has 0 aromatic heterocycles. The number of carbonyl (C=O) groups excluding carboxylic acids is 1. The van der Waals surface area contributed by atoms with Crippen molar-refractivity contribution in [2.45, 2.75) is 18.2 Å². The minimum absolute atomic E-state index is 0.128. The third kappa shape index (κ3) is 6.41. The van der Waals surface area contributed by atoms with E-state index < -0.39 is 15.9 Å². The summed E-state index contributed by atoms with van der Waals surface area (Å²) in [4.78, 5) is 12.5. The number of carbonyl (C=O) groups is 1. The zero-order valence-electron chi connectivity index (χ0n) is 19.3. The minimum atomic E-state index is -3.99. The molecule has 0 aliphatic heterocycles. The molecule has 0 saturated carbocycles. The molecule has 0 aliphatic carbocycles. The maximum atomic E-state index is 13.0. The Morgan fingerprint density at radius 3 is 2.18 bits per heavy atom. The van der Waals surface area contributed by atoms with Gasteiger partial charge in [-0.1, -0.05) is 19.1 Å². The van der Waals surface area contributed by atoms with Crippen LogP contribution in [0.2, 0.25) is 0 Å². The van der Waals surface area contributed by atoms with Gasteiger partial charge in [0.05, 0.1) is 20.8 Å². The number of ether oxygens (including phenoxy) is 3. The molecule has 180 valence electrons. The SMILES string of the molecule is CCc1ccc(NS(=O)(=O)c2cc(C(=O)NCCOc3ccc(OC)cc3)ccc2OC)cc1. The Bertz CT molecular complexity index is 1210. The molecule has 0 spiro atoms. The van der Waals surface area contributed by atoms with E-state index in [2.05, 4.69) is 10.0 Å². The van der Waals surface area contributed by atoms with Gasteiger partial charge in [0.1, 0.15) is 28.8 Å². The van der Waals surface area contributed by atoms with Crippen molar-refractivity contribution in [3.05, 3.63) is 77.9 Å². The summed E-state index contributed by atoms with van der Waals surface area (Å²) in [5, 5.41) is 2.73. The molecule has 0 heterocycles. The molecule has 0 saturated heterocycles. The fourth-order valence-corrected chi connectivity index (χ4v) is 4.41. The first-order valence-electron chi connectivity index (χ1n) is 10.7. The zero-order valence-corrected chi connectivity index (χ0v) is 20.1. The van der Waals surface area contributed by atoms with Crippen LogP contribution in [0.1, 0.15) is 22.8 Å². The second kappa shape index (κ2) is 11.4. The van der Waals surface area contributed by atoms with Gasteiger partial charge in [-0.3, -0.25) is 9.52 Å². The summed E-state index contributed by atoms with van der Waals surface area (Å²) in [6.07, 6.45) is 0.850. The van der Waals surface area contributed by atoms with Gasteiger partial charge in [-0.05, 0) is 66.6 Å². The average Bonchev–Trinajstić information content (AvgIpc) is 2.86. The van der Waals surface area contributed by atoms with Gasteiger partial charge in [0, 0.05) is 11.3 Å². The lowest BCUT2D eigenvalue weighted by atomic mass is 10.2. The summed E-state index contributed by atoms with van der Waals surface area (Å²) in [7, 11) is -1.03. The lowest BCUT2D eigenvalue weighted by molar-refractivity contribution is 0.0946. The second-order valence-electron chi connectivity index (χ2n) is 7.30. The number of amides is 1. The van der Waals surface area contributed by atoms with Gasteiger partial charge >= 0.3 is 0 Å². The number of methoxy groups -OCH3 is 2. The van der Waals surface area contributed by atoms with Crippen LogP contribution in [-0.2, 0) is 16.4 Å². The van der Waals surface area contributed by atoms with Crippen LogP contribution in [-0.4, -0.2) is 41.7 Å². The van der Waals surface area contributed by atoms with Crippen molar-refractivity contribution in [3.8, 4) is 17.2 Å². The average molecular weight is 485 g/mol. The monoisotopic (exact) mass is 484 g/mol. The maximum absolute atomic E-state index is 13.0. The smallest absolute Gasteiger partial charge is 0.265 e. The Balaban J connectivity index is 1.66. The van der Waals surface area contributed by atoms with Gasteiger partial charge in [-0.15, -0.1) is 0 Å². The molecule has 9 heteroatoms. The third-order valence-electron chi connectivity index (χ3n) is 5.05. The lowest BCUT2D eigenvalue weighted by Crippen LogP contribution is -2.28. The zero-order chi connectivity index (χ0) is 24.6. The van der Waals surface area contributed by atoms with Crippen LogP contribution in [0, 0.1) is 0 Å². The molecular formula is C25H28N2O6S. The molecule has 0 bridgehead atoms. The highest BCUT2D eigenvalue weighted by atomic mass is 32.2. The van der Waals surface area contributed by atoms with E-state index in [9.17, 15) is 13.2 Å². The molecule has 3 aromatic rings. The van der Waals surface area contributed by atoms with Gasteiger partial charge in [0.25, 0.3) is 15.9 Å². The first-order valence-corrected chi connectivity index (χ1v) is 12.2. The highest BCUT2D eigenvalue weighted by molar-refractivity contribution is 7.92. The van der Waals surface area contributed by atoms with Crippen LogP contribution in [0.3, 0.4) is 0 Å². The van der Waals surface area contributed by atoms with Crippen LogP contribution < -0.4 is 24.2 Å². The number of rotatable bonds is 11. The number of aryl methyl sites for hydroxylation is 1. The van der Waals surface area contributed by atoms with E-state index in [1.165, 1.54) is 25.3 Å². The van der Waals surface area contributed by atoms with E-state index in [1.807, 2.05) is 19.1 Å². The Kier molecular flexibility index (Phi) is 8.37. The van der Waals surface area contributed by atoms with Crippen LogP contribution >= 0.6 is 0 Å². The summed E-state index contributed by atoms with van der Waals surface area (Å²) in [5.41, 5.74) is 1.70. The molecule has 8 nitrogen and oxygen atoms in total. The first kappa shape index (κ1) is 24.9. The molecule has 1 amide bonds. The van der Waals surface area contributed by atoms with E-state index in [1.54, 1.807) is 43.5 Å². The van der Waals surface area contributed by atoms with E-state index in [4.69, 9.17) is 14.2 Å². The van der Waals surface area contributed by atoms with Crippen molar-refractivity contribution in [2.75, 3.05) is 32.1 Å². The van der Waals surface area contributed by atoms with E-state index >= 15 is 0 Å². The molecule has 0 radical (unpaired) electrons. The summed E-state index contributed by atoms with van der Waals surface area (Å²) in [6.45, 7) is 2.50. The van der Waals surface area contributed by atoms with Crippen molar-refractivity contribution in [1.82, 2.24) is 5.32 Å². The largest absolute Gasteiger partial charge is 0.497 e. The highest BCUT2D eigenvalue weighted by Gasteiger charge is 2.22. The van der Waals surface area contributed by atoms with Gasteiger partial charge < -0.3 is 19.5 Å². The minimum Gasteiger partial charge on any atom is -0.497 e. The van der Waals surface area contributed by atoms with E-state index in [-0.39, 0.29) is 29.4 Å². The predicted molar refractivity (Wildman–Crippen MR) is 130 cm³/mol. The van der Waals surface area contributed by atoms with Crippen LogP contribution in [0.25, 0.3) is 0 Å². The summed E-state index contributed by atoms with van der Waals surface area (Å²) < 4.78 is 44.5. The fraction of sp³-hybridized carbons (Fsp3) is 0.240. The summed E-state index contributed by atoms with van der Waals surface area (Å²) in [5.74, 6) is 1.08. The van der Waals surface area contributed by atoms with Gasteiger partial charge in [-0.2, -0.15) is 0 Å². The highest BCUT2D eigenvalue weighted by Crippen LogP contribution is 2.27. The third-order valence-corrected chi connectivity index (χ3v) is 6.45. The van der Waals surface area contributed by atoms with Gasteiger partial charge in [-0.25, -0.2) is 8.42 Å². The quantitative estimate of drug-likeness (QED) is 0.401. The Morgan fingerprint density at radius 1 is 0.882 bits per heavy atom. The molecule has 2 N–H and O–H groups in total. The van der Waals surface area contributed by atoms with Gasteiger partial charge in [0.2, 0.25) is 0 Å². The van der Waals surface area contributed by atoms with E-state index in [0.717, 1.165) is 17.7 Å². The molecule has 3 aromatic carbocycles. The number of hydrogen-bond acceptors (Lipinski definition) is 6. The Hall–Kier alpha value is -3.72. The Labute approximate surface area is 199 Å². The second-order valence-corrected chi connectivity index (χ2v) is 8.95. The lowest BCUT2D eigenvalue weighted by Gasteiger charge is -2.14. The van der Waals surface area contributed by atoms with Crippen LogP contribution in [0.15, 0.2) is 71.6 Å². The molecule has 0 atom stereocenters. The van der Waals surface area contributed by atoms with Crippen LogP contribution in [0.5, 0.6) is 17.2 Å². The predicted octanol–water partition coefficient (Wildman–Crippen LogP) is 3.88.